The molecule has 1 N–H and O–H groups in total. The molecule has 1 unspecified atom stereocenters. The molecule has 1 saturated carbocycles. The summed E-state index contributed by atoms with van der Waals surface area (Å²) in [5.41, 5.74) is 4.23. The minimum atomic E-state index is -0.304. The van der Waals surface area contributed by atoms with E-state index >= 15 is 0 Å². The van der Waals surface area contributed by atoms with Crippen LogP contribution in [0.1, 0.15) is 54.0 Å². The van der Waals surface area contributed by atoms with E-state index in [1.54, 1.807) is 6.26 Å². The number of hydrogen-bond donors (Lipinski definition) is 1. The van der Waals surface area contributed by atoms with Crippen LogP contribution in [0.4, 0.5) is 5.69 Å². The van der Waals surface area contributed by atoms with Gasteiger partial charge < -0.3 is 9.73 Å². The van der Waals surface area contributed by atoms with Gasteiger partial charge in [-0.25, -0.2) is 0 Å². The van der Waals surface area contributed by atoms with E-state index in [4.69, 9.17) is 4.42 Å². The van der Waals surface area contributed by atoms with Gasteiger partial charge in [-0.1, -0.05) is 29.5 Å². The SMILES string of the molecule is Cc1cc(C)c(NC(=O)C(C)Sc2nnc(C3CC3)n2Cc2ccco2)c(C)c1. The number of amides is 1. The summed E-state index contributed by atoms with van der Waals surface area (Å²) in [6.45, 7) is 8.60. The molecule has 3 aromatic rings. The Kier molecular flexibility index (Phi) is 5.50. The number of rotatable bonds is 7. The highest BCUT2D eigenvalue weighted by molar-refractivity contribution is 8.00. The summed E-state index contributed by atoms with van der Waals surface area (Å²) in [4.78, 5) is 12.9. The molecule has 1 aliphatic rings. The van der Waals surface area contributed by atoms with Crippen molar-refractivity contribution in [1.82, 2.24) is 14.8 Å². The average molecular weight is 411 g/mol. The van der Waals surface area contributed by atoms with Crippen LogP contribution in [0.2, 0.25) is 0 Å². The van der Waals surface area contributed by atoms with Gasteiger partial charge in [-0.15, -0.1) is 10.2 Å². The van der Waals surface area contributed by atoms with Gasteiger partial charge in [0.1, 0.15) is 11.6 Å². The fourth-order valence-corrected chi connectivity index (χ4v) is 4.41. The maximum absolute atomic E-state index is 12.9. The number of hydrogen-bond acceptors (Lipinski definition) is 5. The number of carbonyl (C=O) groups is 1. The monoisotopic (exact) mass is 410 g/mol. The van der Waals surface area contributed by atoms with Crippen LogP contribution < -0.4 is 5.32 Å². The van der Waals surface area contributed by atoms with Crippen molar-refractivity contribution in [2.75, 3.05) is 5.32 Å². The van der Waals surface area contributed by atoms with Crippen LogP contribution in [0.15, 0.2) is 40.1 Å². The van der Waals surface area contributed by atoms with E-state index in [1.165, 1.54) is 17.3 Å². The Morgan fingerprint density at radius 1 is 1.28 bits per heavy atom. The quantitative estimate of drug-likeness (QED) is 0.564. The minimum absolute atomic E-state index is 0.0365. The zero-order valence-corrected chi connectivity index (χ0v) is 18.0. The first-order valence-corrected chi connectivity index (χ1v) is 10.8. The Labute approximate surface area is 175 Å². The van der Waals surface area contributed by atoms with Crippen molar-refractivity contribution in [3.8, 4) is 0 Å². The van der Waals surface area contributed by atoms with E-state index in [0.717, 1.165) is 46.4 Å². The molecule has 0 spiro atoms. The van der Waals surface area contributed by atoms with E-state index in [0.29, 0.717) is 12.5 Å². The number of aromatic nitrogens is 3. The Bertz CT molecular complexity index is 999. The average Bonchev–Trinajstić information content (AvgIpc) is 3.24. The van der Waals surface area contributed by atoms with Crippen molar-refractivity contribution < 1.29 is 9.21 Å². The summed E-state index contributed by atoms with van der Waals surface area (Å²) in [6, 6.07) is 8.00. The number of carbonyl (C=O) groups excluding carboxylic acids is 1. The van der Waals surface area contributed by atoms with Gasteiger partial charge in [0.25, 0.3) is 0 Å². The summed E-state index contributed by atoms with van der Waals surface area (Å²) >= 11 is 1.44. The first-order valence-electron chi connectivity index (χ1n) is 9.93. The topological polar surface area (TPSA) is 73.0 Å². The van der Waals surface area contributed by atoms with Gasteiger partial charge in [-0.05, 0) is 63.8 Å². The second-order valence-corrected chi connectivity index (χ2v) is 9.11. The van der Waals surface area contributed by atoms with Crippen LogP contribution in [0.25, 0.3) is 0 Å². The van der Waals surface area contributed by atoms with Crippen molar-refractivity contribution in [3.63, 3.8) is 0 Å². The van der Waals surface area contributed by atoms with E-state index in [9.17, 15) is 4.79 Å². The number of furan rings is 1. The summed E-state index contributed by atoms with van der Waals surface area (Å²) in [5, 5.41) is 12.3. The Balaban J connectivity index is 1.51. The number of nitrogens with one attached hydrogen (secondary N) is 1. The lowest BCUT2D eigenvalue weighted by Crippen LogP contribution is -2.24. The Morgan fingerprint density at radius 3 is 2.62 bits per heavy atom. The highest BCUT2D eigenvalue weighted by Crippen LogP contribution is 2.40. The van der Waals surface area contributed by atoms with Gasteiger partial charge in [0.15, 0.2) is 5.16 Å². The maximum atomic E-state index is 12.9. The highest BCUT2D eigenvalue weighted by Gasteiger charge is 2.31. The van der Waals surface area contributed by atoms with Crippen molar-refractivity contribution >= 4 is 23.4 Å². The lowest BCUT2D eigenvalue weighted by molar-refractivity contribution is -0.115. The molecule has 1 aromatic carbocycles. The molecule has 1 amide bonds. The Hall–Kier alpha value is -2.54. The van der Waals surface area contributed by atoms with Crippen LogP contribution >= 0.6 is 11.8 Å². The van der Waals surface area contributed by atoms with Gasteiger partial charge in [0.05, 0.1) is 18.1 Å². The van der Waals surface area contributed by atoms with Crippen molar-refractivity contribution in [2.24, 2.45) is 0 Å². The molecule has 152 valence electrons. The van der Waals surface area contributed by atoms with Crippen LogP contribution in [-0.4, -0.2) is 25.9 Å². The number of nitrogens with zero attached hydrogens (tertiary/aromatic N) is 3. The number of thioether (sulfide) groups is 1. The molecule has 7 heteroatoms. The van der Waals surface area contributed by atoms with Gasteiger partial charge in [0.2, 0.25) is 5.91 Å². The number of anilines is 1. The zero-order valence-electron chi connectivity index (χ0n) is 17.2. The smallest absolute Gasteiger partial charge is 0.237 e. The van der Waals surface area contributed by atoms with E-state index in [-0.39, 0.29) is 11.2 Å². The molecule has 6 nitrogen and oxygen atoms in total. The lowest BCUT2D eigenvalue weighted by Gasteiger charge is -2.16. The second kappa shape index (κ2) is 8.06. The zero-order chi connectivity index (χ0) is 20.5. The van der Waals surface area contributed by atoms with E-state index in [1.807, 2.05) is 32.9 Å². The van der Waals surface area contributed by atoms with Crippen LogP contribution in [-0.2, 0) is 11.3 Å². The molecule has 0 aliphatic heterocycles. The fourth-order valence-electron chi connectivity index (χ4n) is 3.55. The molecule has 0 saturated heterocycles. The predicted octanol–water partition coefficient (Wildman–Crippen LogP) is 4.84. The highest BCUT2D eigenvalue weighted by atomic mass is 32.2. The molecule has 1 aliphatic carbocycles. The third-order valence-electron chi connectivity index (χ3n) is 5.16. The normalized spacial score (nSPS) is 14.8. The fraction of sp³-hybridized carbons (Fsp3) is 0.409. The third kappa shape index (κ3) is 4.40. The molecule has 29 heavy (non-hydrogen) atoms. The minimum Gasteiger partial charge on any atom is -0.467 e. The van der Waals surface area contributed by atoms with Gasteiger partial charge in [-0.2, -0.15) is 0 Å². The van der Waals surface area contributed by atoms with Crippen LogP contribution in [0, 0.1) is 20.8 Å². The van der Waals surface area contributed by atoms with Gasteiger partial charge in [0, 0.05) is 11.6 Å². The van der Waals surface area contributed by atoms with Crippen LogP contribution in [0.3, 0.4) is 0 Å². The molecule has 4 rings (SSSR count). The van der Waals surface area contributed by atoms with Crippen molar-refractivity contribution in [3.05, 3.63) is 58.8 Å². The molecule has 2 aromatic heterocycles. The third-order valence-corrected chi connectivity index (χ3v) is 6.24. The Morgan fingerprint density at radius 2 is 2.00 bits per heavy atom. The summed E-state index contributed by atoms with van der Waals surface area (Å²) in [6.07, 6.45) is 3.96. The van der Waals surface area contributed by atoms with Gasteiger partial charge >= 0.3 is 0 Å². The molecule has 1 fully saturated rings. The van der Waals surface area contributed by atoms with E-state index < -0.39 is 0 Å². The van der Waals surface area contributed by atoms with E-state index in [2.05, 4.69) is 39.1 Å². The van der Waals surface area contributed by atoms with Crippen molar-refractivity contribution in [2.45, 2.75) is 63.4 Å². The molecule has 0 bridgehead atoms. The first kappa shape index (κ1) is 19.8. The lowest BCUT2D eigenvalue weighted by atomic mass is 10.1. The van der Waals surface area contributed by atoms with Crippen molar-refractivity contribution in [1.29, 1.82) is 0 Å². The van der Waals surface area contributed by atoms with Gasteiger partial charge in [-0.3, -0.25) is 9.36 Å². The predicted molar refractivity (Wildman–Crippen MR) is 114 cm³/mol. The number of benzene rings is 1. The molecular weight excluding hydrogens is 384 g/mol. The summed E-state index contributed by atoms with van der Waals surface area (Å²) < 4.78 is 7.61. The summed E-state index contributed by atoms with van der Waals surface area (Å²) in [5.74, 6) is 2.28. The largest absolute Gasteiger partial charge is 0.467 e. The number of aryl methyl sites for hydroxylation is 3. The molecule has 1 atom stereocenters. The van der Waals surface area contributed by atoms with Crippen LogP contribution in [0.5, 0.6) is 0 Å². The molecule has 0 radical (unpaired) electrons. The first-order chi connectivity index (χ1) is 13.9. The molecule has 2 heterocycles. The standard InChI is InChI=1S/C22H26N4O2S/c1-13-10-14(2)19(15(3)11-13)23-21(27)16(4)29-22-25-24-20(17-7-8-17)26(22)12-18-6-5-9-28-18/h5-6,9-11,16-17H,7-8,12H2,1-4H3,(H,23,27). The molecular formula is C22H26N4O2S. The summed E-state index contributed by atoms with van der Waals surface area (Å²) in [7, 11) is 0. The maximum Gasteiger partial charge on any atom is 0.237 e. The second-order valence-electron chi connectivity index (χ2n) is 7.80.